The zero-order valence-electron chi connectivity index (χ0n) is 10.2. The number of Topliss-reactive ketones (excluding diaryl/α,β-unsaturated/α-hetero) is 1. The molecule has 0 bridgehead atoms. The van der Waals surface area contributed by atoms with E-state index in [9.17, 15) is 4.79 Å². The third kappa shape index (κ3) is 3.35. The van der Waals surface area contributed by atoms with Crippen LogP contribution in [0.25, 0.3) is 0 Å². The Bertz CT molecular complexity index is 341. The van der Waals surface area contributed by atoms with Crippen molar-refractivity contribution in [2.45, 2.75) is 33.0 Å². The van der Waals surface area contributed by atoms with Crippen molar-refractivity contribution in [2.75, 3.05) is 7.11 Å². The monoisotopic (exact) mass is 222 g/mol. The van der Waals surface area contributed by atoms with Crippen LogP contribution in [0.5, 0.6) is 5.75 Å². The molecule has 3 heteroatoms. The standard InChI is InChI=1S/C13H18O3/c1-9(2)16-12-7-5-11(6-8-12)13(14)10(3)15-4/h5-10H,1-4H3. The Hall–Kier alpha value is -1.35. The number of hydrogen-bond donors (Lipinski definition) is 0. The van der Waals surface area contributed by atoms with E-state index >= 15 is 0 Å². The van der Waals surface area contributed by atoms with Crippen molar-refractivity contribution in [2.24, 2.45) is 0 Å². The summed E-state index contributed by atoms with van der Waals surface area (Å²) < 4.78 is 10.5. The molecule has 0 aliphatic rings. The Morgan fingerprint density at radius 3 is 2.12 bits per heavy atom. The van der Waals surface area contributed by atoms with Gasteiger partial charge in [-0.3, -0.25) is 4.79 Å². The molecule has 0 aliphatic carbocycles. The van der Waals surface area contributed by atoms with Gasteiger partial charge in [-0.05, 0) is 45.0 Å². The Morgan fingerprint density at radius 2 is 1.69 bits per heavy atom. The molecule has 0 amide bonds. The van der Waals surface area contributed by atoms with Gasteiger partial charge in [-0.25, -0.2) is 0 Å². The van der Waals surface area contributed by atoms with E-state index in [0.717, 1.165) is 5.75 Å². The average Bonchev–Trinajstić information content (AvgIpc) is 2.27. The molecule has 16 heavy (non-hydrogen) atoms. The summed E-state index contributed by atoms with van der Waals surface area (Å²) >= 11 is 0. The first-order valence-corrected chi connectivity index (χ1v) is 5.38. The average molecular weight is 222 g/mol. The van der Waals surface area contributed by atoms with Crippen LogP contribution in [0, 0.1) is 0 Å². The first kappa shape index (κ1) is 12.7. The van der Waals surface area contributed by atoms with Crippen LogP contribution in [0.15, 0.2) is 24.3 Å². The summed E-state index contributed by atoms with van der Waals surface area (Å²) in [4.78, 5) is 11.7. The van der Waals surface area contributed by atoms with Gasteiger partial charge in [0.2, 0.25) is 0 Å². The first-order valence-electron chi connectivity index (χ1n) is 5.38. The minimum Gasteiger partial charge on any atom is -0.491 e. The fourth-order valence-electron chi connectivity index (χ4n) is 1.31. The van der Waals surface area contributed by atoms with Crippen LogP contribution >= 0.6 is 0 Å². The highest BCUT2D eigenvalue weighted by Crippen LogP contribution is 2.15. The van der Waals surface area contributed by atoms with E-state index < -0.39 is 6.10 Å². The second-order valence-corrected chi connectivity index (χ2v) is 3.93. The molecule has 0 saturated heterocycles. The van der Waals surface area contributed by atoms with E-state index in [4.69, 9.17) is 9.47 Å². The highest BCUT2D eigenvalue weighted by Gasteiger charge is 2.13. The van der Waals surface area contributed by atoms with E-state index in [-0.39, 0.29) is 11.9 Å². The number of ether oxygens (including phenoxy) is 2. The molecular formula is C13H18O3. The summed E-state index contributed by atoms with van der Waals surface area (Å²) in [7, 11) is 1.53. The summed E-state index contributed by atoms with van der Waals surface area (Å²) in [5, 5.41) is 0. The van der Waals surface area contributed by atoms with E-state index in [0.29, 0.717) is 5.56 Å². The number of benzene rings is 1. The molecule has 0 aliphatic heterocycles. The third-order valence-electron chi connectivity index (χ3n) is 2.23. The van der Waals surface area contributed by atoms with Gasteiger partial charge in [0.15, 0.2) is 5.78 Å². The molecule has 3 nitrogen and oxygen atoms in total. The molecule has 0 aromatic heterocycles. The van der Waals surface area contributed by atoms with Crippen LogP contribution in [-0.4, -0.2) is 25.1 Å². The molecule has 1 aromatic rings. The van der Waals surface area contributed by atoms with Crippen molar-refractivity contribution in [3.63, 3.8) is 0 Å². The topological polar surface area (TPSA) is 35.5 Å². The Morgan fingerprint density at radius 1 is 1.12 bits per heavy atom. The number of ketones is 1. The minimum atomic E-state index is -0.406. The fraction of sp³-hybridized carbons (Fsp3) is 0.462. The molecule has 0 heterocycles. The predicted molar refractivity (Wildman–Crippen MR) is 63.0 cm³/mol. The van der Waals surface area contributed by atoms with Gasteiger partial charge in [-0.1, -0.05) is 0 Å². The van der Waals surface area contributed by atoms with E-state index in [1.54, 1.807) is 31.2 Å². The van der Waals surface area contributed by atoms with Gasteiger partial charge in [0.1, 0.15) is 11.9 Å². The molecule has 0 radical (unpaired) electrons. The van der Waals surface area contributed by atoms with Crippen LogP contribution in [0.4, 0.5) is 0 Å². The van der Waals surface area contributed by atoms with Crippen molar-refractivity contribution in [3.05, 3.63) is 29.8 Å². The molecule has 1 atom stereocenters. The second-order valence-electron chi connectivity index (χ2n) is 3.93. The number of carbonyl (C=O) groups is 1. The molecule has 0 spiro atoms. The third-order valence-corrected chi connectivity index (χ3v) is 2.23. The maximum absolute atomic E-state index is 11.7. The zero-order chi connectivity index (χ0) is 12.1. The van der Waals surface area contributed by atoms with Crippen LogP contribution in [-0.2, 0) is 4.74 Å². The lowest BCUT2D eigenvalue weighted by Crippen LogP contribution is -2.18. The molecule has 0 fully saturated rings. The highest BCUT2D eigenvalue weighted by molar-refractivity contribution is 5.99. The van der Waals surface area contributed by atoms with Gasteiger partial charge < -0.3 is 9.47 Å². The fourth-order valence-corrected chi connectivity index (χ4v) is 1.31. The normalized spacial score (nSPS) is 12.6. The van der Waals surface area contributed by atoms with Gasteiger partial charge in [-0.2, -0.15) is 0 Å². The van der Waals surface area contributed by atoms with Crippen LogP contribution < -0.4 is 4.74 Å². The van der Waals surface area contributed by atoms with Gasteiger partial charge >= 0.3 is 0 Å². The smallest absolute Gasteiger partial charge is 0.191 e. The van der Waals surface area contributed by atoms with Crippen molar-refractivity contribution in [3.8, 4) is 5.75 Å². The van der Waals surface area contributed by atoms with Gasteiger partial charge in [0.05, 0.1) is 6.10 Å². The quantitative estimate of drug-likeness (QED) is 0.718. The first-order chi connectivity index (χ1) is 7.54. The Kier molecular flexibility index (Phi) is 4.50. The number of carbonyl (C=O) groups excluding carboxylic acids is 1. The number of methoxy groups -OCH3 is 1. The lowest BCUT2D eigenvalue weighted by Gasteiger charge is -2.11. The largest absolute Gasteiger partial charge is 0.491 e. The maximum Gasteiger partial charge on any atom is 0.191 e. The molecule has 1 aromatic carbocycles. The SMILES string of the molecule is COC(C)C(=O)c1ccc(OC(C)C)cc1. The summed E-state index contributed by atoms with van der Waals surface area (Å²) in [5.41, 5.74) is 0.644. The van der Waals surface area contributed by atoms with Gasteiger partial charge in [0.25, 0.3) is 0 Å². The lowest BCUT2D eigenvalue weighted by atomic mass is 10.1. The van der Waals surface area contributed by atoms with Crippen LogP contribution in [0.3, 0.4) is 0 Å². The van der Waals surface area contributed by atoms with Crippen molar-refractivity contribution in [1.29, 1.82) is 0 Å². The molecule has 88 valence electrons. The van der Waals surface area contributed by atoms with Crippen molar-refractivity contribution < 1.29 is 14.3 Å². The molecule has 1 rings (SSSR count). The lowest BCUT2D eigenvalue weighted by molar-refractivity contribution is 0.0655. The summed E-state index contributed by atoms with van der Waals surface area (Å²) in [6.45, 7) is 5.67. The highest BCUT2D eigenvalue weighted by atomic mass is 16.5. The van der Waals surface area contributed by atoms with Crippen molar-refractivity contribution in [1.82, 2.24) is 0 Å². The second kappa shape index (κ2) is 5.66. The van der Waals surface area contributed by atoms with Gasteiger partial charge in [-0.15, -0.1) is 0 Å². The summed E-state index contributed by atoms with van der Waals surface area (Å²) in [6.07, 6.45) is -0.267. The van der Waals surface area contributed by atoms with E-state index in [2.05, 4.69) is 0 Å². The van der Waals surface area contributed by atoms with Crippen LogP contribution in [0.2, 0.25) is 0 Å². The molecule has 0 saturated carbocycles. The predicted octanol–water partition coefficient (Wildman–Crippen LogP) is 2.69. The maximum atomic E-state index is 11.7. The van der Waals surface area contributed by atoms with E-state index in [1.807, 2.05) is 13.8 Å². The van der Waals surface area contributed by atoms with Gasteiger partial charge in [0, 0.05) is 12.7 Å². The van der Waals surface area contributed by atoms with Crippen molar-refractivity contribution >= 4 is 5.78 Å². The summed E-state index contributed by atoms with van der Waals surface area (Å²) in [6, 6.07) is 7.12. The molecule has 1 unspecified atom stereocenters. The molecular weight excluding hydrogens is 204 g/mol. The number of hydrogen-bond acceptors (Lipinski definition) is 3. The Balaban J connectivity index is 2.74. The summed E-state index contributed by atoms with van der Waals surface area (Å²) in [5.74, 6) is 0.759. The number of rotatable bonds is 5. The molecule has 0 N–H and O–H groups in total. The minimum absolute atomic E-state index is 0.0152. The Labute approximate surface area is 96.4 Å². The zero-order valence-corrected chi connectivity index (χ0v) is 10.2. The van der Waals surface area contributed by atoms with E-state index in [1.165, 1.54) is 7.11 Å². The van der Waals surface area contributed by atoms with Crippen LogP contribution in [0.1, 0.15) is 31.1 Å².